The average molecular weight is 879 g/mol. The number of amides is 2. The summed E-state index contributed by atoms with van der Waals surface area (Å²) in [4.78, 5) is 46.8. The van der Waals surface area contributed by atoms with Crippen molar-refractivity contribution >= 4 is 40.1 Å². The first-order valence-electron chi connectivity index (χ1n) is 22.0. The van der Waals surface area contributed by atoms with E-state index < -0.39 is 18.1 Å². The molecule has 16 heteroatoms. The van der Waals surface area contributed by atoms with Gasteiger partial charge < -0.3 is 34.4 Å². The number of carbonyl (C=O) groups excluding carboxylic acids is 2. The van der Waals surface area contributed by atoms with Crippen LogP contribution in [0.1, 0.15) is 93.1 Å². The Hall–Kier alpha value is -6.52. The van der Waals surface area contributed by atoms with E-state index in [4.69, 9.17) is 14.5 Å². The molecule has 7 aromatic rings. The molecule has 7 heterocycles. The third-order valence-corrected chi connectivity index (χ3v) is 13.9. The summed E-state index contributed by atoms with van der Waals surface area (Å²) in [6.45, 7) is 9.34. The summed E-state index contributed by atoms with van der Waals surface area (Å²) in [6.07, 6.45) is 5.93. The number of aliphatic hydroxyl groups excluding tert-OH is 1. The average Bonchev–Trinajstić information content (AvgIpc) is 3.81. The zero-order valence-corrected chi connectivity index (χ0v) is 36.9. The number of likely N-dealkylation sites (tertiary alicyclic amines) is 1. The summed E-state index contributed by atoms with van der Waals surface area (Å²) in [6, 6.07) is 20.5. The first-order chi connectivity index (χ1) is 31.0. The zero-order chi connectivity index (χ0) is 44.2. The number of nitrogens with one attached hydrogen (secondary N) is 1. The first kappa shape index (κ1) is 41.5. The summed E-state index contributed by atoms with van der Waals surface area (Å²) in [5.41, 5.74) is 10.4. The number of β-amino-alcohol motifs (C(OH)–C–C–N with tert-alkyl or cyclic N) is 1. The van der Waals surface area contributed by atoms with Crippen molar-refractivity contribution in [3.05, 3.63) is 107 Å². The number of benzene rings is 2. The maximum Gasteiger partial charge on any atom is 0.243 e. The Morgan fingerprint density at radius 1 is 0.906 bits per heavy atom. The van der Waals surface area contributed by atoms with Crippen molar-refractivity contribution in [3.63, 3.8) is 0 Å². The van der Waals surface area contributed by atoms with E-state index in [-0.39, 0.29) is 48.4 Å². The quantitative estimate of drug-likeness (QED) is 0.109. The summed E-state index contributed by atoms with van der Waals surface area (Å²) >= 11 is 1.59. The molecule has 2 aliphatic heterocycles. The number of aromatic hydroxyl groups is 1. The minimum absolute atomic E-state index is 0.0442. The molecule has 2 saturated heterocycles. The number of para-hydroxylation sites is 1. The Morgan fingerprint density at radius 3 is 2.41 bits per heavy atom. The molecule has 3 fully saturated rings. The zero-order valence-electron chi connectivity index (χ0n) is 36.1. The van der Waals surface area contributed by atoms with Crippen LogP contribution >= 0.6 is 11.3 Å². The maximum atomic E-state index is 14.3. The molecule has 1 saturated carbocycles. The van der Waals surface area contributed by atoms with E-state index in [1.54, 1.807) is 41.9 Å². The molecule has 15 nitrogen and oxygen atoms in total. The maximum absolute atomic E-state index is 14.3. The molecule has 328 valence electrons. The van der Waals surface area contributed by atoms with Gasteiger partial charge in [-0.25, -0.2) is 15.0 Å². The van der Waals surface area contributed by atoms with Crippen LogP contribution in [0.2, 0.25) is 0 Å². The van der Waals surface area contributed by atoms with Crippen molar-refractivity contribution in [2.24, 2.45) is 5.92 Å². The van der Waals surface area contributed by atoms with Gasteiger partial charge >= 0.3 is 0 Å². The van der Waals surface area contributed by atoms with E-state index in [1.165, 1.54) is 10.6 Å². The molecule has 0 spiro atoms. The number of phenolic OH excluding ortho intramolecular Hbond substituents is 1. The van der Waals surface area contributed by atoms with E-state index >= 15 is 0 Å². The molecular formula is C48H50N10O5S. The van der Waals surface area contributed by atoms with Crippen LogP contribution in [0.5, 0.6) is 5.75 Å². The van der Waals surface area contributed by atoms with Crippen molar-refractivity contribution in [2.75, 3.05) is 24.5 Å². The number of anilines is 1. The third kappa shape index (κ3) is 7.89. The smallest absolute Gasteiger partial charge is 0.243 e. The van der Waals surface area contributed by atoms with Crippen molar-refractivity contribution in [1.29, 1.82) is 0 Å². The molecule has 2 unspecified atom stereocenters. The van der Waals surface area contributed by atoms with Gasteiger partial charge in [-0.3, -0.25) is 9.59 Å². The number of fused-ring (bicyclic) bond motifs is 1. The molecule has 3 aliphatic rings. The lowest BCUT2D eigenvalue weighted by molar-refractivity contribution is -0.141. The van der Waals surface area contributed by atoms with Crippen molar-refractivity contribution in [2.45, 2.75) is 89.4 Å². The highest BCUT2D eigenvalue weighted by Crippen LogP contribution is 2.44. The number of thiazole rings is 1. The van der Waals surface area contributed by atoms with Gasteiger partial charge in [0.1, 0.15) is 34.7 Å². The van der Waals surface area contributed by atoms with Gasteiger partial charge in [0.2, 0.25) is 17.8 Å². The van der Waals surface area contributed by atoms with E-state index in [9.17, 15) is 19.8 Å². The number of nitrogens with zero attached hydrogens (tertiary/aromatic N) is 9. The van der Waals surface area contributed by atoms with Crippen LogP contribution in [-0.2, 0) is 9.59 Å². The normalized spacial score (nSPS) is 19.8. The van der Waals surface area contributed by atoms with Crippen LogP contribution in [0.25, 0.3) is 44.0 Å². The summed E-state index contributed by atoms with van der Waals surface area (Å²) in [7, 11) is 0. The lowest BCUT2D eigenvalue weighted by Gasteiger charge is -2.29. The molecule has 10 rings (SSSR count). The number of hydrogen-bond donors (Lipinski definition) is 3. The predicted octanol–water partition coefficient (Wildman–Crippen LogP) is 7.59. The fourth-order valence-electron chi connectivity index (χ4n) is 9.40. The Bertz CT molecular complexity index is 2830. The number of aliphatic hydroxyl groups is 1. The van der Waals surface area contributed by atoms with Gasteiger partial charge in [-0.15, -0.1) is 21.5 Å². The molecule has 5 atom stereocenters. The third-order valence-electron chi connectivity index (χ3n) is 12.9. The fraction of sp³-hybridized carbons (Fsp3) is 0.375. The minimum atomic E-state index is -0.840. The van der Waals surface area contributed by atoms with E-state index in [2.05, 4.69) is 41.2 Å². The van der Waals surface area contributed by atoms with E-state index in [1.807, 2.05) is 75.7 Å². The molecule has 3 N–H and O–H groups in total. The van der Waals surface area contributed by atoms with Crippen LogP contribution in [0, 0.1) is 12.8 Å². The number of aromatic nitrogens is 7. The standard InChI is InChI=1S/C48H50N10O5S/c1-26(2)44(47(62)57-24-34(59)17-41(57)46(61)52-27(3)29-9-11-30(12-10-29)45-28(4)51-25-64-45)43-20-36(55-63-43)32-21-49-48(50-22-32)56-16-15-31(23-56)39-19-38-40(58(39)33-13-14-33)18-37(53-54-38)35-7-5-6-8-42(35)60/h5-12,18-22,25-27,31,33-34,41,44,59-60H,13-17,23-24H2,1-4H3,(H,52,61)/t27-,31?,34+,41-,44?/m0/s1. The van der Waals surface area contributed by atoms with Crippen LogP contribution in [0.3, 0.4) is 0 Å². The second kappa shape index (κ2) is 16.9. The Balaban J connectivity index is 0.807. The van der Waals surface area contributed by atoms with Gasteiger partial charge in [0.05, 0.1) is 39.4 Å². The summed E-state index contributed by atoms with van der Waals surface area (Å²) in [5, 5.41) is 37.7. The highest BCUT2D eigenvalue weighted by molar-refractivity contribution is 7.13. The molecule has 5 aromatic heterocycles. The number of rotatable bonds is 12. The number of hydrogen-bond acceptors (Lipinski definition) is 13. The number of carbonyl (C=O) groups is 2. The highest BCUT2D eigenvalue weighted by Gasteiger charge is 2.44. The van der Waals surface area contributed by atoms with Gasteiger partial charge in [-0.1, -0.05) is 55.4 Å². The summed E-state index contributed by atoms with van der Waals surface area (Å²) < 4.78 is 8.28. The van der Waals surface area contributed by atoms with Gasteiger partial charge in [-0.2, -0.15) is 0 Å². The van der Waals surface area contributed by atoms with Gasteiger partial charge in [0.25, 0.3) is 0 Å². The Labute approximate surface area is 374 Å². The molecule has 64 heavy (non-hydrogen) atoms. The first-order valence-corrected chi connectivity index (χ1v) is 22.9. The fourth-order valence-corrected chi connectivity index (χ4v) is 10.2. The van der Waals surface area contributed by atoms with Crippen LogP contribution < -0.4 is 10.2 Å². The monoisotopic (exact) mass is 878 g/mol. The van der Waals surface area contributed by atoms with Crippen molar-refractivity contribution in [3.8, 4) is 38.7 Å². The minimum Gasteiger partial charge on any atom is -0.507 e. The molecule has 0 bridgehead atoms. The Kier molecular flexibility index (Phi) is 10.9. The van der Waals surface area contributed by atoms with Crippen LogP contribution in [0.4, 0.5) is 5.95 Å². The Morgan fingerprint density at radius 2 is 1.69 bits per heavy atom. The van der Waals surface area contributed by atoms with E-state index in [0.717, 1.165) is 65.1 Å². The van der Waals surface area contributed by atoms with Crippen molar-refractivity contribution < 1.29 is 24.3 Å². The topological polar surface area (TPSA) is 189 Å². The van der Waals surface area contributed by atoms with Gasteiger partial charge in [0.15, 0.2) is 0 Å². The lowest BCUT2D eigenvalue weighted by Crippen LogP contribution is -2.48. The van der Waals surface area contributed by atoms with E-state index in [0.29, 0.717) is 40.3 Å². The lowest BCUT2D eigenvalue weighted by atomic mass is 9.91. The molecule has 2 amide bonds. The largest absolute Gasteiger partial charge is 0.507 e. The SMILES string of the molecule is Cc1ncsc1-c1ccc([C@H](C)NC(=O)[C@@H]2C[C@@H](O)CN2C(=O)C(c2cc(-c3cnc(N4CCC(c5cc6nnc(-c7ccccc7O)cc6n5C5CC5)C4)nc3)no2)C(C)C)cc1. The second-order valence-electron chi connectivity index (χ2n) is 17.7. The predicted molar refractivity (Wildman–Crippen MR) is 243 cm³/mol. The molecular weight excluding hydrogens is 829 g/mol. The van der Waals surface area contributed by atoms with Gasteiger partial charge in [-0.05, 0) is 74.4 Å². The molecule has 0 radical (unpaired) electrons. The highest BCUT2D eigenvalue weighted by atomic mass is 32.1. The second-order valence-corrected chi connectivity index (χ2v) is 18.6. The molecule has 1 aliphatic carbocycles. The number of aryl methyl sites for hydroxylation is 1. The van der Waals surface area contributed by atoms with Gasteiger partial charge in [0, 0.05) is 73.3 Å². The summed E-state index contributed by atoms with van der Waals surface area (Å²) in [5.74, 6) is -0.132. The molecule has 2 aromatic carbocycles. The van der Waals surface area contributed by atoms with Crippen molar-refractivity contribution in [1.82, 2.24) is 45.1 Å². The number of phenols is 1. The van der Waals surface area contributed by atoms with Crippen LogP contribution in [-0.4, -0.2) is 93.6 Å². The van der Waals surface area contributed by atoms with Crippen LogP contribution in [0.15, 0.2) is 89.2 Å².